The van der Waals surface area contributed by atoms with Crippen LogP contribution < -0.4 is 0 Å². The van der Waals surface area contributed by atoms with Gasteiger partial charge in [-0.2, -0.15) is 0 Å². The molecule has 0 aromatic heterocycles. The Morgan fingerprint density at radius 3 is 2.73 bits per heavy atom. The zero-order valence-corrected chi connectivity index (χ0v) is 8.13. The summed E-state index contributed by atoms with van der Waals surface area (Å²) in [6.45, 7) is 1.64. The lowest BCUT2D eigenvalue weighted by Gasteiger charge is -2.11. The predicted octanol–water partition coefficient (Wildman–Crippen LogP) is 2.33. The summed E-state index contributed by atoms with van der Waals surface area (Å²) in [5.74, 6) is -2.64. The van der Waals surface area contributed by atoms with Gasteiger partial charge in [0.15, 0.2) is 0 Å². The van der Waals surface area contributed by atoms with Crippen molar-refractivity contribution in [3.63, 3.8) is 0 Å². The van der Waals surface area contributed by atoms with Crippen LogP contribution in [0.1, 0.15) is 18.9 Å². The van der Waals surface area contributed by atoms with Gasteiger partial charge in [0, 0.05) is 5.41 Å². The van der Waals surface area contributed by atoms with E-state index in [9.17, 15) is 13.6 Å². The first-order chi connectivity index (χ1) is 6.95. The highest BCUT2D eigenvalue weighted by Gasteiger charge is 2.57. The SMILES string of the molecule is C[C@@]1(c2cc(F)ccc2F)C[C@H]1C(=O)O. The lowest BCUT2D eigenvalue weighted by molar-refractivity contribution is -0.138. The van der Waals surface area contributed by atoms with Crippen LogP contribution in [0.15, 0.2) is 18.2 Å². The predicted molar refractivity (Wildman–Crippen MR) is 49.5 cm³/mol. The Morgan fingerprint density at radius 2 is 2.20 bits per heavy atom. The number of carboxylic acids is 1. The number of hydrogen-bond donors (Lipinski definition) is 1. The average Bonchev–Trinajstić information content (AvgIpc) is 2.84. The summed E-state index contributed by atoms with van der Waals surface area (Å²) in [5.41, 5.74) is -0.590. The van der Waals surface area contributed by atoms with Gasteiger partial charge in [0.1, 0.15) is 11.6 Å². The molecule has 0 amide bonds. The number of carbonyl (C=O) groups is 1. The number of benzene rings is 1. The van der Waals surface area contributed by atoms with E-state index in [4.69, 9.17) is 5.11 Å². The maximum absolute atomic E-state index is 13.4. The second kappa shape index (κ2) is 3.02. The van der Waals surface area contributed by atoms with Crippen molar-refractivity contribution in [2.24, 2.45) is 5.92 Å². The molecule has 1 aliphatic rings. The van der Waals surface area contributed by atoms with Gasteiger partial charge in [-0.1, -0.05) is 6.92 Å². The van der Waals surface area contributed by atoms with Crippen molar-refractivity contribution in [2.45, 2.75) is 18.8 Å². The van der Waals surface area contributed by atoms with Crippen LogP contribution in [0.4, 0.5) is 8.78 Å². The molecule has 4 heteroatoms. The molecule has 1 saturated carbocycles. The molecule has 1 aromatic rings. The fourth-order valence-corrected chi connectivity index (χ4v) is 1.96. The third-order valence-electron chi connectivity index (χ3n) is 3.08. The van der Waals surface area contributed by atoms with Crippen LogP contribution in [-0.2, 0) is 10.2 Å². The van der Waals surface area contributed by atoms with Gasteiger partial charge in [0.05, 0.1) is 5.92 Å². The molecule has 0 spiro atoms. The fourth-order valence-electron chi connectivity index (χ4n) is 1.96. The van der Waals surface area contributed by atoms with Crippen molar-refractivity contribution in [1.29, 1.82) is 0 Å². The zero-order chi connectivity index (χ0) is 11.2. The minimum absolute atomic E-state index is 0.162. The van der Waals surface area contributed by atoms with Crippen LogP contribution in [-0.4, -0.2) is 11.1 Å². The summed E-state index contributed by atoms with van der Waals surface area (Å²) in [4.78, 5) is 10.7. The summed E-state index contributed by atoms with van der Waals surface area (Å²) in [5, 5.41) is 8.79. The molecule has 0 heterocycles. The molecule has 0 bridgehead atoms. The summed E-state index contributed by atoms with van der Waals surface area (Å²) in [7, 11) is 0. The van der Waals surface area contributed by atoms with Crippen LogP contribution in [0.5, 0.6) is 0 Å². The Kier molecular flexibility index (Phi) is 2.03. The zero-order valence-electron chi connectivity index (χ0n) is 8.13. The van der Waals surface area contributed by atoms with Gasteiger partial charge in [-0.25, -0.2) is 8.78 Å². The molecular formula is C11H10F2O2. The molecule has 2 atom stereocenters. The quantitative estimate of drug-likeness (QED) is 0.816. The van der Waals surface area contributed by atoms with E-state index in [1.807, 2.05) is 0 Å². The summed E-state index contributed by atoms with van der Waals surface area (Å²) >= 11 is 0. The molecule has 80 valence electrons. The standard InChI is InChI=1S/C11H10F2O2/c1-11(5-8(11)10(14)15)7-4-6(12)2-3-9(7)13/h2-4,8H,5H2,1H3,(H,14,15)/t8-,11-/m0/s1. The molecule has 1 aliphatic carbocycles. The van der Waals surface area contributed by atoms with E-state index >= 15 is 0 Å². The van der Waals surface area contributed by atoms with E-state index in [1.54, 1.807) is 6.92 Å². The van der Waals surface area contributed by atoms with E-state index in [0.717, 1.165) is 18.2 Å². The van der Waals surface area contributed by atoms with Gasteiger partial charge >= 0.3 is 5.97 Å². The number of carboxylic acid groups (broad SMARTS) is 1. The monoisotopic (exact) mass is 212 g/mol. The van der Waals surface area contributed by atoms with Crippen LogP contribution in [0.25, 0.3) is 0 Å². The second-order valence-corrected chi connectivity index (χ2v) is 4.14. The third-order valence-corrected chi connectivity index (χ3v) is 3.08. The molecule has 15 heavy (non-hydrogen) atoms. The van der Waals surface area contributed by atoms with Gasteiger partial charge < -0.3 is 5.11 Å². The first kappa shape index (κ1) is 10.1. The average molecular weight is 212 g/mol. The number of rotatable bonds is 2. The van der Waals surface area contributed by atoms with Gasteiger partial charge in [0.2, 0.25) is 0 Å². The Labute approximate surface area is 85.5 Å². The van der Waals surface area contributed by atoms with E-state index in [2.05, 4.69) is 0 Å². The molecule has 0 radical (unpaired) electrons. The van der Waals surface area contributed by atoms with Crippen molar-refractivity contribution >= 4 is 5.97 Å². The highest BCUT2D eigenvalue weighted by Crippen LogP contribution is 2.54. The van der Waals surface area contributed by atoms with Crippen molar-refractivity contribution in [1.82, 2.24) is 0 Å². The second-order valence-electron chi connectivity index (χ2n) is 4.14. The molecule has 0 saturated heterocycles. The molecule has 0 aliphatic heterocycles. The Hall–Kier alpha value is -1.45. The van der Waals surface area contributed by atoms with Crippen LogP contribution in [0, 0.1) is 17.6 Å². The third kappa shape index (κ3) is 1.50. The first-order valence-electron chi connectivity index (χ1n) is 4.63. The molecule has 2 nitrogen and oxygen atoms in total. The largest absolute Gasteiger partial charge is 0.481 e. The Bertz CT molecular complexity index is 431. The minimum atomic E-state index is -0.957. The molecule has 1 N–H and O–H groups in total. The van der Waals surface area contributed by atoms with Crippen LogP contribution >= 0.6 is 0 Å². The highest BCUT2D eigenvalue weighted by molar-refractivity contribution is 5.77. The van der Waals surface area contributed by atoms with Gasteiger partial charge in [-0.05, 0) is 30.2 Å². The summed E-state index contributed by atoms with van der Waals surface area (Å²) in [6.07, 6.45) is 0.364. The van der Waals surface area contributed by atoms with E-state index in [1.165, 1.54) is 0 Å². The Morgan fingerprint density at radius 1 is 1.53 bits per heavy atom. The van der Waals surface area contributed by atoms with E-state index in [-0.39, 0.29) is 5.56 Å². The fraction of sp³-hybridized carbons (Fsp3) is 0.364. The summed E-state index contributed by atoms with van der Waals surface area (Å²) in [6, 6.07) is 3.14. The van der Waals surface area contributed by atoms with Gasteiger partial charge in [-0.3, -0.25) is 4.79 Å². The lowest BCUT2D eigenvalue weighted by Crippen LogP contribution is -2.13. The number of halogens is 2. The topological polar surface area (TPSA) is 37.3 Å². The Balaban J connectivity index is 2.39. The lowest BCUT2D eigenvalue weighted by atomic mass is 9.95. The van der Waals surface area contributed by atoms with Gasteiger partial charge in [0.25, 0.3) is 0 Å². The van der Waals surface area contributed by atoms with E-state index < -0.39 is 28.9 Å². The highest BCUT2D eigenvalue weighted by atomic mass is 19.1. The molecule has 2 rings (SSSR count). The first-order valence-corrected chi connectivity index (χ1v) is 4.63. The molecular weight excluding hydrogens is 202 g/mol. The number of aliphatic carboxylic acids is 1. The molecule has 0 unspecified atom stereocenters. The maximum atomic E-state index is 13.4. The van der Waals surface area contributed by atoms with E-state index in [0.29, 0.717) is 6.42 Å². The van der Waals surface area contributed by atoms with Crippen molar-refractivity contribution in [3.8, 4) is 0 Å². The maximum Gasteiger partial charge on any atom is 0.307 e. The van der Waals surface area contributed by atoms with Crippen molar-refractivity contribution in [3.05, 3.63) is 35.4 Å². The van der Waals surface area contributed by atoms with Crippen molar-refractivity contribution in [2.75, 3.05) is 0 Å². The van der Waals surface area contributed by atoms with Crippen molar-refractivity contribution < 1.29 is 18.7 Å². The van der Waals surface area contributed by atoms with Crippen LogP contribution in [0.3, 0.4) is 0 Å². The molecule has 1 fully saturated rings. The van der Waals surface area contributed by atoms with Crippen LogP contribution in [0.2, 0.25) is 0 Å². The summed E-state index contributed by atoms with van der Waals surface area (Å²) < 4.78 is 26.3. The number of hydrogen-bond acceptors (Lipinski definition) is 1. The minimum Gasteiger partial charge on any atom is -0.481 e. The normalized spacial score (nSPS) is 28.9. The smallest absolute Gasteiger partial charge is 0.307 e. The van der Waals surface area contributed by atoms with Gasteiger partial charge in [-0.15, -0.1) is 0 Å². The molecule has 1 aromatic carbocycles.